The van der Waals surface area contributed by atoms with Crippen molar-refractivity contribution in [2.45, 2.75) is 11.2 Å². The molecule has 1 atom stereocenters. The van der Waals surface area contributed by atoms with E-state index in [9.17, 15) is 13.2 Å². The molecule has 100 valence electrons. The highest BCUT2D eigenvalue weighted by Crippen LogP contribution is 2.29. The Kier molecular flexibility index (Phi) is 4.53. The molecule has 2 aromatic carbocycles. The second-order valence-corrected chi connectivity index (χ2v) is 5.64. The Morgan fingerprint density at radius 1 is 1.05 bits per heavy atom. The van der Waals surface area contributed by atoms with Crippen LogP contribution in [-0.4, -0.2) is 0 Å². The fourth-order valence-corrected chi connectivity index (χ4v) is 2.60. The van der Waals surface area contributed by atoms with Crippen molar-refractivity contribution in [1.29, 1.82) is 0 Å². The number of hydrogen-bond acceptors (Lipinski definition) is 0. The van der Waals surface area contributed by atoms with Crippen molar-refractivity contribution in [2.75, 3.05) is 0 Å². The average Bonchev–Trinajstić information content (AvgIpc) is 2.35. The molecule has 2 aromatic rings. The van der Waals surface area contributed by atoms with Crippen LogP contribution in [0.3, 0.4) is 0 Å². The van der Waals surface area contributed by atoms with Gasteiger partial charge in [0, 0.05) is 9.85 Å². The van der Waals surface area contributed by atoms with Gasteiger partial charge in [0.25, 0.3) is 0 Å². The van der Waals surface area contributed by atoms with E-state index < -0.39 is 17.5 Å². The van der Waals surface area contributed by atoms with Crippen LogP contribution in [0.25, 0.3) is 0 Å². The van der Waals surface area contributed by atoms with Crippen LogP contribution >= 0.6 is 27.5 Å². The van der Waals surface area contributed by atoms with Gasteiger partial charge in [-0.25, -0.2) is 13.2 Å². The molecule has 0 aliphatic rings. The molecule has 0 spiro atoms. The van der Waals surface area contributed by atoms with E-state index in [4.69, 9.17) is 11.6 Å². The van der Waals surface area contributed by atoms with E-state index in [0.717, 1.165) is 17.7 Å². The van der Waals surface area contributed by atoms with Gasteiger partial charge in [0.1, 0.15) is 0 Å². The summed E-state index contributed by atoms with van der Waals surface area (Å²) in [5.41, 5.74) is 1.26. The highest BCUT2D eigenvalue weighted by molar-refractivity contribution is 9.09. The van der Waals surface area contributed by atoms with Crippen LogP contribution in [0.2, 0.25) is 5.02 Å². The van der Waals surface area contributed by atoms with Gasteiger partial charge in [0.15, 0.2) is 17.5 Å². The fraction of sp³-hybridized carbons (Fsp3) is 0.143. The first-order chi connectivity index (χ1) is 8.97. The molecule has 0 aliphatic heterocycles. The largest absolute Gasteiger partial charge is 0.204 e. The van der Waals surface area contributed by atoms with Crippen molar-refractivity contribution in [2.24, 2.45) is 0 Å². The van der Waals surface area contributed by atoms with E-state index in [1.54, 1.807) is 18.2 Å². The van der Waals surface area contributed by atoms with Gasteiger partial charge in [-0.2, -0.15) is 0 Å². The SMILES string of the molecule is Fc1cc(C(Br)Cc2cccc(Cl)c2)cc(F)c1F. The van der Waals surface area contributed by atoms with Crippen molar-refractivity contribution in [3.63, 3.8) is 0 Å². The first kappa shape index (κ1) is 14.4. The van der Waals surface area contributed by atoms with Crippen LogP contribution in [0.15, 0.2) is 36.4 Å². The van der Waals surface area contributed by atoms with Crippen molar-refractivity contribution in [1.82, 2.24) is 0 Å². The van der Waals surface area contributed by atoms with E-state index in [-0.39, 0.29) is 4.83 Å². The van der Waals surface area contributed by atoms with E-state index in [1.165, 1.54) is 0 Å². The van der Waals surface area contributed by atoms with Gasteiger partial charge in [-0.1, -0.05) is 39.7 Å². The maximum atomic E-state index is 13.1. The molecular weight excluding hydrogens is 341 g/mol. The standard InChI is InChI=1S/C14H9BrClF3/c15-11(5-8-2-1-3-10(16)4-8)9-6-12(17)14(19)13(18)7-9/h1-4,6-7,11H,5H2. The second-order valence-electron chi connectivity index (χ2n) is 4.10. The molecule has 0 amide bonds. The third-order valence-electron chi connectivity index (χ3n) is 2.67. The van der Waals surface area contributed by atoms with Crippen LogP contribution in [-0.2, 0) is 6.42 Å². The van der Waals surface area contributed by atoms with Crippen LogP contribution in [0.5, 0.6) is 0 Å². The van der Waals surface area contributed by atoms with Crippen LogP contribution < -0.4 is 0 Å². The third-order valence-corrected chi connectivity index (χ3v) is 3.76. The average molecular weight is 350 g/mol. The molecule has 0 aromatic heterocycles. The minimum Gasteiger partial charge on any atom is -0.204 e. The molecule has 19 heavy (non-hydrogen) atoms. The summed E-state index contributed by atoms with van der Waals surface area (Å²) in [7, 11) is 0. The Morgan fingerprint density at radius 2 is 1.68 bits per heavy atom. The summed E-state index contributed by atoms with van der Waals surface area (Å²) in [4.78, 5) is -0.324. The lowest BCUT2D eigenvalue weighted by Gasteiger charge is -2.11. The minimum absolute atomic E-state index is 0.324. The Labute approximate surface area is 122 Å². The first-order valence-electron chi connectivity index (χ1n) is 5.50. The summed E-state index contributed by atoms with van der Waals surface area (Å²) in [6.07, 6.45) is 0.491. The number of hydrogen-bond donors (Lipinski definition) is 0. The van der Waals surface area contributed by atoms with Crippen molar-refractivity contribution < 1.29 is 13.2 Å². The van der Waals surface area contributed by atoms with Crippen LogP contribution in [0, 0.1) is 17.5 Å². The van der Waals surface area contributed by atoms with E-state index >= 15 is 0 Å². The van der Waals surface area contributed by atoms with Gasteiger partial charge in [0.2, 0.25) is 0 Å². The van der Waals surface area contributed by atoms with Gasteiger partial charge >= 0.3 is 0 Å². The third kappa shape index (κ3) is 3.51. The summed E-state index contributed by atoms with van der Waals surface area (Å²) in [5.74, 6) is -3.83. The Hall–Kier alpha value is -1.00. The summed E-state index contributed by atoms with van der Waals surface area (Å²) < 4.78 is 39.2. The molecule has 5 heteroatoms. The summed E-state index contributed by atoms with van der Waals surface area (Å²) in [6.45, 7) is 0. The molecule has 0 heterocycles. The Balaban J connectivity index is 2.23. The van der Waals surface area contributed by atoms with Gasteiger partial charge in [-0.15, -0.1) is 0 Å². The van der Waals surface area contributed by atoms with Gasteiger partial charge in [-0.3, -0.25) is 0 Å². The zero-order valence-electron chi connectivity index (χ0n) is 9.64. The van der Waals surface area contributed by atoms with E-state index in [1.807, 2.05) is 6.07 Å². The lowest BCUT2D eigenvalue weighted by Crippen LogP contribution is -2.00. The number of rotatable bonds is 3. The summed E-state index contributed by atoms with van der Waals surface area (Å²) in [5, 5.41) is 0.591. The van der Waals surface area contributed by atoms with E-state index in [0.29, 0.717) is 17.0 Å². The molecular formula is C14H9BrClF3. The molecule has 0 bridgehead atoms. The number of benzene rings is 2. The second kappa shape index (κ2) is 5.97. The molecule has 0 N–H and O–H groups in total. The smallest absolute Gasteiger partial charge is 0.194 e. The number of alkyl halides is 1. The topological polar surface area (TPSA) is 0 Å². The van der Waals surface area contributed by atoms with Gasteiger partial charge in [-0.05, 0) is 41.8 Å². The number of halogens is 5. The predicted octanol–water partition coefficient (Wildman–Crippen LogP) is 5.44. The van der Waals surface area contributed by atoms with Gasteiger partial charge < -0.3 is 0 Å². The molecule has 0 saturated carbocycles. The summed E-state index contributed by atoms with van der Waals surface area (Å²) in [6, 6.07) is 9.14. The first-order valence-corrected chi connectivity index (χ1v) is 6.79. The molecule has 0 nitrogen and oxygen atoms in total. The van der Waals surface area contributed by atoms with E-state index in [2.05, 4.69) is 15.9 Å². The molecule has 0 radical (unpaired) electrons. The van der Waals surface area contributed by atoms with Crippen LogP contribution in [0.1, 0.15) is 16.0 Å². The fourth-order valence-electron chi connectivity index (χ4n) is 1.74. The maximum Gasteiger partial charge on any atom is 0.194 e. The molecule has 0 saturated heterocycles. The summed E-state index contributed by atoms with van der Waals surface area (Å²) >= 11 is 9.20. The Bertz CT molecular complexity index is 578. The Morgan fingerprint density at radius 3 is 2.26 bits per heavy atom. The quantitative estimate of drug-likeness (QED) is 0.511. The zero-order valence-corrected chi connectivity index (χ0v) is 12.0. The molecule has 2 rings (SSSR count). The minimum atomic E-state index is -1.45. The predicted molar refractivity (Wildman–Crippen MR) is 73.1 cm³/mol. The maximum absolute atomic E-state index is 13.1. The van der Waals surface area contributed by atoms with Crippen molar-refractivity contribution in [3.05, 3.63) is 70.0 Å². The zero-order chi connectivity index (χ0) is 14.0. The molecule has 0 aliphatic carbocycles. The monoisotopic (exact) mass is 348 g/mol. The van der Waals surface area contributed by atoms with Gasteiger partial charge in [0.05, 0.1) is 0 Å². The lowest BCUT2D eigenvalue weighted by atomic mass is 10.0. The molecule has 1 unspecified atom stereocenters. The lowest BCUT2D eigenvalue weighted by molar-refractivity contribution is 0.445. The molecule has 0 fully saturated rings. The van der Waals surface area contributed by atoms with Crippen LogP contribution in [0.4, 0.5) is 13.2 Å². The normalized spacial score (nSPS) is 12.5. The highest BCUT2D eigenvalue weighted by atomic mass is 79.9. The van der Waals surface area contributed by atoms with Crippen molar-refractivity contribution in [3.8, 4) is 0 Å². The highest BCUT2D eigenvalue weighted by Gasteiger charge is 2.16. The van der Waals surface area contributed by atoms with Crippen molar-refractivity contribution >= 4 is 27.5 Å².